The Morgan fingerprint density at radius 1 is 1.32 bits per heavy atom. The summed E-state index contributed by atoms with van der Waals surface area (Å²) >= 11 is 1.39. The van der Waals surface area contributed by atoms with Crippen LogP contribution >= 0.6 is 11.8 Å². The number of ether oxygens (including phenoxy) is 2. The normalized spacial score (nSPS) is 20.6. The predicted molar refractivity (Wildman–Crippen MR) is 128 cm³/mol. The van der Waals surface area contributed by atoms with Crippen molar-refractivity contribution in [1.29, 1.82) is 0 Å². The number of amides is 1. The van der Waals surface area contributed by atoms with Crippen LogP contribution in [0.1, 0.15) is 31.4 Å². The Morgan fingerprint density at radius 2 is 2.12 bits per heavy atom. The third-order valence-electron chi connectivity index (χ3n) is 5.99. The van der Waals surface area contributed by atoms with Gasteiger partial charge in [0, 0.05) is 25.3 Å². The van der Waals surface area contributed by atoms with Gasteiger partial charge in [-0.25, -0.2) is 14.2 Å². The summed E-state index contributed by atoms with van der Waals surface area (Å²) in [6, 6.07) is 5.49. The Hall–Kier alpha value is -2.69. The number of aliphatic imine (C=N–C) groups is 1. The number of rotatable bonds is 8. The average Bonchev–Trinajstić information content (AvgIpc) is 3.22. The van der Waals surface area contributed by atoms with Gasteiger partial charge in [0.2, 0.25) is 5.91 Å². The lowest BCUT2D eigenvalue weighted by Crippen LogP contribution is -2.39. The maximum Gasteiger partial charge on any atom is 0.338 e. The highest BCUT2D eigenvalue weighted by Gasteiger charge is 2.41. The number of hydrogen-bond acceptors (Lipinski definition) is 8. The van der Waals surface area contributed by atoms with E-state index in [2.05, 4.69) is 15.2 Å². The summed E-state index contributed by atoms with van der Waals surface area (Å²) < 4.78 is 24.5. The van der Waals surface area contributed by atoms with Gasteiger partial charge >= 0.3 is 5.97 Å². The summed E-state index contributed by atoms with van der Waals surface area (Å²) in [6.45, 7) is 6.59. The van der Waals surface area contributed by atoms with Crippen molar-refractivity contribution in [2.45, 2.75) is 25.8 Å². The molecule has 1 fully saturated rings. The van der Waals surface area contributed by atoms with Gasteiger partial charge in [-0.1, -0.05) is 23.9 Å². The van der Waals surface area contributed by atoms with Crippen molar-refractivity contribution in [2.24, 2.45) is 4.99 Å². The van der Waals surface area contributed by atoms with E-state index in [4.69, 9.17) is 9.47 Å². The van der Waals surface area contributed by atoms with E-state index < -0.39 is 17.8 Å². The number of allylic oxidation sites excluding steroid dienone is 1. The molecule has 1 amide bonds. The lowest BCUT2D eigenvalue weighted by molar-refractivity contribution is -0.136. The molecule has 4 rings (SSSR count). The summed E-state index contributed by atoms with van der Waals surface area (Å²) in [5.41, 5.74) is 2.14. The third-order valence-corrected chi connectivity index (χ3v) is 6.88. The van der Waals surface area contributed by atoms with Crippen LogP contribution in [0.5, 0.6) is 0 Å². The number of amidine groups is 1. The minimum Gasteiger partial charge on any atom is -0.466 e. The summed E-state index contributed by atoms with van der Waals surface area (Å²) in [5.74, 6) is -1.05. The quantitative estimate of drug-likeness (QED) is 0.445. The SMILES string of the molecule is COC(=O)C1=C(C)N=C2SC=C(CC(=O)NCCCN3CCOCC3)N2C1c1cccc(F)c1. The van der Waals surface area contributed by atoms with E-state index >= 15 is 0 Å². The van der Waals surface area contributed by atoms with Crippen molar-refractivity contribution in [3.8, 4) is 0 Å². The lowest BCUT2D eigenvalue weighted by atomic mass is 9.94. The summed E-state index contributed by atoms with van der Waals surface area (Å²) in [4.78, 5) is 34.2. The first-order chi connectivity index (χ1) is 16.5. The molecule has 3 aliphatic heterocycles. The second-order valence-corrected chi connectivity index (χ2v) is 9.11. The monoisotopic (exact) mass is 488 g/mol. The Kier molecular flexibility index (Phi) is 8.02. The van der Waals surface area contributed by atoms with Gasteiger partial charge in [-0.3, -0.25) is 9.69 Å². The van der Waals surface area contributed by atoms with E-state index in [0.717, 1.165) is 39.3 Å². The second kappa shape index (κ2) is 11.2. The molecular weight excluding hydrogens is 459 g/mol. The summed E-state index contributed by atoms with van der Waals surface area (Å²) in [6.07, 6.45) is 0.985. The molecule has 182 valence electrons. The summed E-state index contributed by atoms with van der Waals surface area (Å²) in [5, 5.41) is 5.50. The van der Waals surface area contributed by atoms with Crippen LogP contribution in [0.15, 0.2) is 51.6 Å². The van der Waals surface area contributed by atoms with Crippen LogP contribution in [0, 0.1) is 5.82 Å². The molecule has 8 nitrogen and oxygen atoms in total. The van der Waals surface area contributed by atoms with Crippen LogP contribution in [-0.4, -0.2) is 73.3 Å². The molecule has 0 aromatic heterocycles. The highest BCUT2D eigenvalue weighted by atomic mass is 32.2. The highest BCUT2D eigenvalue weighted by molar-refractivity contribution is 8.16. The zero-order valence-electron chi connectivity index (χ0n) is 19.4. The van der Waals surface area contributed by atoms with Crippen molar-refractivity contribution in [3.05, 3.63) is 58.0 Å². The minimum absolute atomic E-state index is 0.112. The number of benzene rings is 1. The molecule has 0 radical (unpaired) electrons. The molecule has 3 aliphatic rings. The van der Waals surface area contributed by atoms with Gasteiger partial charge in [-0.15, -0.1) is 0 Å². The van der Waals surface area contributed by atoms with E-state index in [1.807, 2.05) is 10.3 Å². The number of carbonyl (C=O) groups excluding carboxylic acids is 2. The molecule has 34 heavy (non-hydrogen) atoms. The standard InChI is InChI=1S/C24H29FN4O4S/c1-16-21(23(31)32-2)22(17-5-3-6-18(25)13-17)29-19(15-34-24(29)27-16)14-20(30)26-7-4-8-28-9-11-33-12-10-28/h3,5-6,13,15,22H,4,7-12,14H2,1-2H3,(H,26,30). The Labute approximate surface area is 202 Å². The second-order valence-electron chi connectivity index (χ2n) is 8.27. The van der Waals surface area contributed by atoms with Crippen LogP contribution in [-0.2, 0) is 19.1 Å². The van der Waals surface area contributed by atoms with Crippen LogP contribution < -0.4 is 5.32 Å². The van der Waals surface area contributed by atoms with Crippen molar-refractivity contribution in [1.82, 2.24) is 15.1 Å². The van der Waals surface area contributed by atoms with E-state index in [1.54, 1.807) is 19.1 Å². The third kappa shape index (κ3) is 5.51. The van der Waals surface area contributed by atoms with Crippen LogP contribution in [0.2, 0.25) is 0 Å². The largest absolute Gasteiger partial charge is 0.466 e. The molecule has 0 aliphatic carbocycles. The van der Waals surface area contributed by atoms with Crippen LogP contribution in [0.25, 0.3) is 0 Å². The van der Waals surface area contributed by atoms with Crippen LogP contribution in [0.4, 0.5) is 4.39 Å². The van der Waals surface area contributed by atoms with Gasteiger partial charge in [0.25, 0.3) is 0 Å². The van der Waals surface area contributed by atoms with Crippen molar-refractivity contribution in [2.75, 3.05) is 46.5 Å². The van der Waals surface area contributed by atoms with Gasteiger partial charge in [-0.05, 0) is 43.0 Å². The fourth-order valence-electron chi connectivity index (χ4n) is 4.32. The first kappa shape index (κ1) is 24.4. The van der Waals surface area contributed by atoms with Gasteiger partial charge in [0.15, 0.2) is 5.17 Å². The lowest BCUT2D eigenvalue weighted by Gasteiger charge is -2.36. The maximum atomic E-state index is 14.1. The van der Waals surface area contributed by atoms with Gasteiger partial charge < -0.3 is 19.7 Å². The highest BCUT2D eigenvalue weighted by Crippen LogP contribution is 2.44. The van der Waals surface area contributed by atoms with E-state index in [-0.39, 0.29) is 12.3 Å². The molecule has 0 spiro atoms. The number of hydrogen-bond donors (Lipinski definition) is 1. The van der Waals surface area contributed by atoms with Gasteiger partial charge in [-0.2, -0.15) is 0 Å². The van der Waals surface area contributed by atoms with Crippen LogP contribution in [0.3, 0.4) is 0 Å². The van der Waals surface area contributed by atoms with E-state index in [1.165, 1.54) is 31.0 Å². The van der Waals surface area contributed by atoms with Gasteiger partial charge in [0.05, 0.1) is 44.1 Å². The molecule has 3 heterocycles. The molecule has 1 atom stereocenters. The zero-order chi connectivity index (χ0) is 24.1. The van der Waals surface area contributed by atoms with E-state index in [9.17, 15) is 14.0 Å². The fraction of sp³-hybridized carbons (Fsp3) is 0.458. The number of methoxy groups -OCH3 is 1. The van der Waals surface area contributed by atoms with Crippen molar-refractivity contribution in [3.63, 3.8) is 0 Å². The molecule has 1 saturated heterocycles. The number of thioether (sulfide) groups is 1. The Morgan fingerprint density at radius 3 is 2.85 bits per heavy atom. The smallest absolute Gasteiger partial charge is 0.338 e. The Balaban J connectivity index is 1.46. The number of esters is 1. The zero-order valence-corrected chi connectivity index (χ0v) is 20.2. The average molecular weight is 489 g/mol. The van der Waals surface area contributed by atoms with Crippen molar-refractivity contribution >= 4 is 28.8 Å². The maximum absolute atomic E-state index is 14.1. The number of fused-ring (bicyclic) bond motifs is 1. The molecule has 1 N–H and O–H groups in total. The molecular formula is C24H29FN4O4S. The predicted octanol–water partition coefficient (Wildman–Crippen LogP) is 2.80. The van der Waals surface area contributed by atoms with Crippen molar-refractivity contribution < 1.29 is 23.5 Å². The van der Waals surface area contributed by atoms with Gasteiger partial charge in [0.1, 0.15) is 5.82 Å². The number of morpholine rings is 1. The molecule has 1 unspecified atom stereocenters. The fourth-order valence-corrected chi connectivity index (χ4v) is 5.28. The molecule has 0 saturated carbocycles. The first-order valence-electron chi connectivity index (χ1n) is 11.3. The van der Waals surface area contributed by atoms with E-state index in [0.29, 0.717) is 34.2 Å². The number of nitrogens with zero attached hydrogens (tertiary/aromatic N) is 3. The summed E-state index contributed by atoms with van der Waals surface area (Å²) in [7, 11) is 1.31. The molecule has 1 aromatic carbocycles. The number of nitrogens with one attached hydrogen (secondary N) is 1. The Bertz CT molecular complexity index is 1040. The topological polar surface area (TPSA) is 83.5 Å². The molecule has 0 bridgehead atoms. The molecule has 1 aromatic rings. The number of halogens is 1. The number of carbonyl (C=O) groups is 2. The minimum atomic E-state index is -0.633. The molecule has 10 heteroatoms. The first-order valence-corrected chi connectivity index (χ1v) is 12.2.